The third kappa shape index (κ3) is 4.29. The molecule has 0 bridgehead atoms. The van der Waals surface area contributed by atoms with Gasteiger partial charge >= 0.3 is 5.97 Å². The van der Waals surface area contributed by atoms with Gasteiger partial charge < -0.3 is 4.74 Å². The fourth-order valence-electron chi connectivity index (χ4n) is 1.40. The lowest BCUT2D eigenvalue weighted by Crippen LogP contribution is -2.07. The fourth-order valence-corrected chi connectivity index (χ4v) is 1.40. The average Bonchev–Trinajstić information content (AvgIpc) is 2.45. The molecule has 0 aliphatic rings. The second-order valence-electron chi connectivity index (χ2n) is 3.86. The SMILES string of the molecule is CCCCOC(=O)/C(C#N)=C\c1ccccc1C#N. The molecule has 0 spiro atoms. The molecule has 19 heavy (non-hydrogen) atoms. The van der Waals surface area contributed by atoms with E-state index in [2.05, 4.69) is 0 Å². The fraction of sp³-hybridized carbons (Fsp3) is 0.267. The van der Waals surface area contributed by atoms with Crippen molar-refractivity contribution in [3.05, 3.63) is 41.0 Å². The highest BCUT2D eigenvalue weighted by molar-refractivity contribution is 5.98. The molecule has 4 nitrogen and oxygen atoms in total. The van der Waals surface area contributed by atoms with Crippen LogP contribution >= 0.6 is 0 Å². The summed E-state index contributed by atoms with van der Waals surface area (Å²) in [6, 6.07) is 10.6. The number of carbonyl (C=O) groups is 1. The normalized spacial score (nSPS) is 10.4. The first-order chi connectivity index (χ1) is 9.22. The molecule has 0 aromatic heterocycles. The van der Waals surface area contributed by atoms with E-state index in [1.54, 1.807) is 30.3 Å². The highest BCUT2D eigenvalue weighted by Gasteiger charge is 2.11. The lowest BCUT2D eigenvalue weighted by atomic mass is 10.1. The molecule has 4 heteroatoms. The maximum absolute atomic E-state index is 11.7. The van der Waals surface area contributed by atoms with Crippen molar-refractivity contribution in [3.63, 3.8) is 0 Å². The smallest absolute Gasteiger partial charge is 0.348 e. The Bertz CT molecular complexity index is 562. The van der Waals surface area contributed by atoms with E-state index in [1.165, 1.54) is 6.08 Å². The summed E-state index contributed by atoms with van der Waals surface area (Å²) in [5.41, 5.74) is 0.851. The molecule has 0 saturated carbocycles. The molecule has 96 valence electrons. The zero-order valence-corrected chi connectivity index (χ0v) is 10.7. The van der Waals surface area contributed by atoms with Crippen LogP contribution in [0, 0.1) is 22.7 Å². The first kappa shape index (κ1) is 14.5. The van der Waals surface area contributed by atoms with Crippen molar-refractivity contribution < 1.29 is 9.53 Å². The van der Waals surface area contributed by atoms with Crippen LogP contribution in [0.3, 0.4) is 0 Å². The second kappa shape index (κ2) is 7.68. The summed E-state index contributed by atoms with van der Waals surface area (Å²) in [4.78, 5) is 11.7. The molecule has 0 N–H and O–H groups in total. The van der Waals surface area contributed by atoms with Crippen LogP contribution in [0.5, 0.6) is 0 Å². The van der Waals surface area contributed by atoms with Gasteiger partial charge in [0.05, 0.1) is 18.2 Å². The number of carbonyl (C=O) groups excluding carboxylic acids is 1. The van der Waals surface area contributed by atoms with E-state index in [-0.39, 0.29) is 5.57 Å². The van der Waals surface area contributed by atoms with Crippen molar-refractivity contribution in [2.24, 2.45) is 0 Å². The lowest BCUT2D eigenvalue weighted by Gasteiger charge is -2.03. The van der Waals surface area contributed by atoms with Crippen LogP contribution in [-0.4, -0.2) is 12.6 Å². The number of rotatable bonds is 5. The van der Waals surface area contributed by atoms with E-state index in [9.17, 15) is 4.79 Å². The number of ether oxygens (including phenoxy) is 1. The molecule has 1 aromatic carbocycles. The third-order valence-electron chi connectivity index (χ3n) is 2.45. The van der Waals surface area contributed by atoms with Gasteiger partial charge in [-0.05, 0) is 24.1 Å². The predicted octanol–water partition coefficient (Wildman–Crippen LogP) is 2.81. The Morgan fingerprint density at radius 3 is 2.74 bits per heavy atom. The minimum absolute atomic E-state index is 0.0983. The van der Waals surface area contributed by atoms with Crippen LogP contribution in [0.2, 0.25) is 0 Å². The van der Waals surface area contributed by atoms with Crippen molar-refractivity contribution in [3.8, 4) is 12.1 Å². The number of nitriles is 2. The van der Waals surface area contributed by atoms with Crippen molar-refractivity contribution >= 4 is 12.0 Å². The van der Waals surface area contributed by atoms with Crippen LogP contribution in [0.4, 0.5) is 0 Å². The Kier molecular flexibility index (Phi) is 5.85. The molecule has 0 radical (unpaired) electrons. The molecule has 0 aliphatic heterocycles. The summed E-state index contributed by atoms with van der Waals surface area (Å²) in [7, 11) is 0. The van der Waals surface area contributed by atoms with Crippen molar-refractivity contribution in [2.45, 2.75) is 19.8 Å². The summed E-state index contributed by atoms with van der Waals surface area (Å²) in [6.07, 6.45) is 3.06. The van der Waals surface area contributed by atoms with Crippen molar-refractivity contribution in [1.29, 1.82) is 10.5 Å². The summed E-state index contributed by atoms with van der Waals surface area (Å²) < 4.78 is 4.97. The first-order valence-corrected chi connectivity index (χ1v) is 6.01. The van der Waals surface area contributed by atoms with Crippen LogP contribution in [-0.2, 0) is 9.53 Å². The summed E-state index contributed by atoms with van der Waals surface area (Å²) >= 11 is 0. The third-order valence-corrected chi connectivity index (χ3v) is 2.45. The zero-order chi connectivity index (χ0) is 14.1. The van der Waals surface area contributed by atoms with E-state index in [0.29, 0.717) is 17.7 Å². The summed E-state index contributed by atoms with van der Waals surface area (Å²) in [5, 5.41) is 17.9. The minimum Gasteiger partial charge on any atom is -0.462 e. The van der Waals surface area contributed by atoms with E-state index in [4.69, 9.17) is 15.3 Å². The van der Waals surface area contributed by atoms with Gasteiger partial charge in [-0.15, -0.1) is 0 Å². The van der Waals surface area contributed by atoms with Gasteiger partial charge in [0.25, 0.3) is 0 Å². The number of unbranched alkanes of at least 4 members (excludes halogenated alkanes) is 1. The minimum atomic E-state index is -0.649. The van der Waals surface area contributed by atoms with Gasteiger partial charge in [0, 0.05) is 0 Å². The molecule has 0 unspecified atom stereocenters. The standard InChI is InChI=1S/C15H14N2O2/c1-2-3-8-19-15(18)14(11-17)9-12-6-4-5-7-13(12)10-16/h4-7,9H,2-3,8H2,1H3/b14-9-. The molecule has 0 aliphatic carbocycles. The monoisotopic (exact) mass is 254 g/mol. The quantitative estimate of drug-likeness (QED) is 0.350. The van der Waals surface area contributed by atoms with Crippen LogP contribution < -0.4 is 0 Å². The number of hydrogen-bond acceptors (Lipinski definition) is 4. The maximum Gasteiger partial charge on any atom is 0.348 e. The van der Waals surface area contributed by atoms with Crippen molar-refractivity contribution in [2.75, 3.05) is 6.61 Å². The Morgan fingerprint density at radius 2 is 2.11 bits per heavy atom. The van der Waals surface area contributed by atoms with Gasteiger partial charge in [-0.25, -0.2) is 4.79 Å². The topological polar surface area (TPSA) is 73.9 Å². The number of esters is 1. The Morgan fingerprint density at radius 1 is 1.37 bits per heavy atom. The second-order valence-corrected chi connectivity index (χ2v) is 3.86. The van der Waals surface area contributed by atoms with E-state index in [0.717, 1.165) is 12.8 Å². The molecule has 1 aromatic rings. The van der Waals surface area contributed by atoms with Crippen LogP contribution in [0.25, 0.3) is 6.08 Å². The van der Waals surface area contributed by atoms with Gasteiger partial charge in [0.15, 0.2) is 0 Å². The molecule has 1 rings (SSSR count). The average molecular weight is 254 g/mol. The van der Waals surface area contributed by atoms with Gasteiger partial charge in [0.1, 0.15) is 11.6 Å². The van der Waals surface area contributed by atoms with Gasteiger partial charge in [0.2, 0.25) is 0 Å². The number of benzene rings is 1. The number of hydrogen-bond donors (Lipinski definition) is 0. The highest BCUT2D eigenvalue weighted by atomic mass is 16.5. The van der Waals surface area contributed by atoms with Crippen molar-refractivity contribution in [1.82, 2.24) is 0 Å². The zero-order valence-electron chi connectivity index (χ0n) is 10.7. The Hall–Kier alpha value is -2.59. The van der Waals surface area contributed by atoms with E-state index in [1.807, 2.05) is 13.0 Å². The molecule has 0 atom stereocenters. The van der Waals surface area contributed by atoms with E-state index >= 15 is 0 Å². The summed E-state index contributed by atoms with van der Waals surface area (Å²) in [6.45, 7) is 2.28. The van der Waals surface area contributed by atoms with Crippen LogP contribution in [0.15, 0.2) is 29.8 Å². The molecule has 0 heterocycles. The predicted molar refractivity (Wildman–Crippen MR) is 70.6 cm³/mol. The highest BCUT2D eigenvalue weighted by Crippen LogP contribution is 2.13. The summed E-state index contributed by atoms with van der Waals surface area (Å²) in [5.74, 6) is -0.649. The Balaban J connectivity index is 2.91. The molecule has 0 fully saturated rings. The molecule has 0 saturated heterocycles. The lowest BCUT2D eigenvalue weighted by molar-refractivity contribution is -0.138. The van der Waals surface area contributed by atoms with Gasteiger partial charge in [-0.3, -0.25) is 0 Å². The molecule has 0 amide bonds. The van der Waals surface area contributed by atoms with Gasteiger partial charge in [-0.1, -0.05) is 31.5 Å². The molecular weight excluding hydrogens is 240 g/mol. The molecular formula is C15H14N2O2. The van der Waals surface area contributed by atoms with E-state index < -0.39 is 5.97 Å². The first-order valence-electron chi connectivity index (χ1n) is 6.01. The largest absolute Gasteiger partial charge is 0.462 e. The maximum atomic E-state index is 11.7. The van der Waals surface area contributed by atoms with Crippen LogP contribution in [0.1, 0.15) is 30.9 Å². The Labute approximate surface area is 112 Å². The number of nitrogens with zero attached hydrogens (tertiary/aromatic N) is 2. The van der Waals surface area contributed by atoms with Gasteiger partial charge in [-0.2, -0.15) is 10.5 Å².